The van der Waals surface area contributed by atoms with Crippen molar-refractivity contribution in [3.8, 4) is 0 Å². The number of rotatable bonds is 7. The quantitative estimate of drug-likeness (QED) is 0.516. The summed E-state index contributed by atoms with van der Waals surface area (Å²) in [5, 5.41) is -0.145. The minimum Gasteiger partial charge on any atom is -0.459 e. The van der Waals surface area contributed by atoms with Gasteiger partial charge in [0.2, 0.25) is 0 Å². The Morgan fingerprint density at radius 1 is 1.29 bits per heavy atom. The molecule has 4 heteroatoms. The Balaban J connectivity index is 4.18. The number of alkyl halides is 1. The predicted molar refractivity (Wildman–Crippen MR) is 72.1 cm³/mol. The first-order chi connectivity index (χ1) is 7.78. The fourth-order valence-corrected chi connectivity index (χ4v) is 2.49. The average Bonchev–Trinajstić information content (AvgIpc) is 2.14. The van der Waals surface area contributed by atoms with Crippen LogP contribution in [0, 0.1) is 5.92 Å². The van der Waals surface area contributed by atoms with Crippen LogP contribution in [0.4, 0.5) is 4.39 Å². The molecule has 102 valence electrons. The van der Waals surface area contributed by atoms with Gasteiger partial charge in [-0.05, 0) is 45.3 Å². The number of unbranched alkanes of at least 4 members (excludes halogenated alkanes) is 1. The zero-order chi connectivity index (χ0) is 13.5. The van der Waals surface area contributed by atoms with Crippen molar-refractivity contribution < 1.29 is 13.9 Å². The number of hydrogen-bond donors (Lipinski definition) is 0. The van der Waals surface area contributed by atoms with Crippen molar-refractivity contribution in [2.75, 3.05) is 12.4 Å². The van der Waals surface area contributed by atoms with E-state index in [1.54, 1.807) is 11.8 Å². The number of ether oxygens (including phenoxy) is 1. The molecule has 0 aliphatic rings. The van der Waals surface area contributed by atoms with Gasteiger partial charge in [-0.2, -0.15) is 0 Å². The first-order valence-corrected chi connectivity index (χ1v) is 7.23. The van der Waals surface area contributed by atoms with E-state index in [1.807, 2.05) is 34.6 Å². The summed E-state index contributed by atoms with van der Waals surface area (Å²) in [4.78, 5) is 11.9. The Kier molecular flexibility index (Phi) is 7.84. The summed E-state index contributed by atoms with van der Waals surface area (Å²) in [7, 11) is 0. The molecule has 0 N–H and O–H groups in total. The summed E-state index contributed by atoms with van der Waals surface area (Å²) in [6, 6.07) is 0. The van der Waals surface area contributed by atoms with E-state index in [9.17, 15) is 9.18 Å². The number of carbonyl (C=O) groups excluding carboxylic acids is 1. The van der Waals surface area contributed by atoms with Gasteiger partial charge in [-0.3, -0.25) is 9.18 Å². The fraction of sp³-hybridized carbons (Fsp3) is 0.923. The first-order valence-electron chi connectivity index (χ1n) is 6.18. The highest BCUT2D eigenvalue weighted by Gasteiger charge is 2.27. The van der Waals surface area contributed by atoms with Crippen LogP contribution in [-0.4, -0.2) is 29.2 Å². The maximum absolute atomic E-state index is 12.0. The van der Waals surface area contributed by atoms with E-state index in [-0.39, 0.29) is 23.8 Å². The normalized spacial score (nSPS) is 13.8. The molecule has 0 radical (unpaired) electrons. The highest BCUT2D eigenvalue weighted by molar-refractivity contribution is 8.00. The van der Waals surface area contributed by atoms with Crippen molar-refractivity contribution in [3.05, 3.63) is 0 Å². The van der Waals surface area contributed by atoms with Crippen LogP contribution in [0.25, 0.3) is 0 Å². The van der Waals surface area contributed by atoms with E-state index in [4.69, 9.17) is 4.74 Å². The van der Waals surface area contributed by atoms with Gasteiger partial charge in [0.1, 0.15) is 10.9 Å². The molecule has 0 aliphatic heterocycles. The van der Waals surface area contributed by atoms with Crippen LogP contribution in [0.1, 0.15) is 47.5 Å². The molecular weight excluding hydrogens is 239 g/mol. The molecule has 0 aromatic heterocycles. The van der Waals surface area contributed by atoms with E-state index in [0.29, 0.717) is 6.42 Å². The molecule has 0 amide bonds. The molecule has 0 saturated carbocycles. The van der Waals surface area contributed by atoms with Crippen molar-refractivity contribution >= 4 is 17.7 Å². The third-order valence-corrected chi connectivity index (χ3v) is 3.69. The van der Waals surface area contributed by atoms with E-state index >= 15 is 0 Å². The van der Waals surface area contributed by atoms with Crippen LogP contribution in [-0.2, 0) is 9.53 Å². The number of hydrogen-bond acceptors (Lipinski definition) is 3. The molecule has 1 unspecified atom stereocenters. The van der Waals surface area contributed by atoms with Crippen molar-refractivity contribution in [3.63, 3.8) is 0 Å². The topological polar surface area (TPSA) is 26.3 Å². The lowest BCUT2D eigenvalue weighted by Gasteiger charge is -2.25. The van der Waals surface area contributed by atoms with Gasteiger partial charge in [0.15, 0.2) is 0 Å². The van der Waals surface area contributed by atoms with Crippen LogP contribution < -0.4 is 0 Å². The Morgan fingerprint density at radius 2 is 1.88 bits per heavy atom. The molecule has 0 bridgehead atoms. The van der Waals surface area contributed by atoms with Gasteiger partial charge in [0.25, 0.3) is 0 Å². The van der Waals surface area contributed by atoms with E-state index < -0.39 is 5.60 Å². The Morgan fingerprint density at radius 3 is 2.29 bits per heavy atom. The van der Waals surface area contributed by atoms with Crippen LogP contribution in [0.5, 0.6) is 0 Å². The van der Waals surface area contributed by atoms with Gasteiger partial charge in [-0.1, -0.05) is 13.8 Å². The molecule has 0 heterocycles. The third kappa shape index (κ3) is 8.47. The second-order valence-electron chi connectivity index (χ2n) is 5.46. The monoisotopic (exact) mass is 264 g/mol. The molecule has 0 fully saturated rings. The summed E-state index contributed by atoms with van der Waals surface area (Å²) in [5.74, 6) is 0.893. The van der Waals surface area contributed by atoms with Gasteiger partial charge >= 0.3 is 5.97 Å². The molecule has 0 spiro atoms. The maximum atomic E-state index is 12.0. The highest BCUT2D eigenvalue weighted by atomic mass is 32.2. The second kappa shape index (κ2) is 7.96. The van der Waals surface area contributed by atoms with Gasteiger partial charge in [0, 0.05) is 0 Å². The molecule has 1 atom stereocenters. The number of esters is 1. The third-order valence-electron chi connectivity index (χ3n) is 2.07. The Bertz CT molecular complexity index is 224. The highest BCUT2D eigenvalue weighted by Crippen LogP contribution is 2.24. The maximum Gasteiger partial charge on any atom is 0.319 e. The lowest BCUT2D eigenvalue weighted by atomic mass is 10.1. The minimum atomic E-state index is -0.441. The standard InChI is InChI=1S/C13H25FO2S/c1-10(2)11(17-9-7-6-8-14)12(15)16-13(3,4)5/h10-11H,6-9H2,1-5H3. The lowest BCUT2D eigenvalue weighted by molar-refractivity contribution is -0.154. The van der Waals surface area contributed by atoms with Gasteiger partial charge in [-0.15, -0.1) is 11.8 Å². The summed E-state index contributed by atoms with van der Waals surface area (Å²) in [6.07, 6.45) is 1.39. The molecule has 0 aliphatic carbocycles. The molecule has 2 nitrogen and oxygen atoms in total. The summed E-state index contributed by atoms with van der Waals surface area (Å²) < 4.78 is 17.3. The molecule has 17 heavy (non-hydrogen) atoms. The fourth-order valence-electron chi connectivity index (χ4n) is 1.30. The SMILES string of the molecule is CC(C)C(SCCCCF)C(=O)OC(C)(C)C. The zero-order valence-electron chi connectivity index (χ0n) is 11.6. The minimum absolute atomic E-state index is 0.145. The van der Waals surface area contributed by atoms with E-state index in [2.05, 4.69) is 0 Å². The Hall–Kier alpha value is -0.250. The smallest absolute Gasteiger partial charge is 0.319 e. The van der Waals surface area contributed by atoms with E-state index in [1.165, 1.54) is 0 Å². The van der Waals surface area contributed by atoms with Crippen molar-refractivity contribution in [1.82, 2.24) is 0 Å². The number of halogens is 1. The largest absolute Gasteiger partial charge is 0.459 e. The average molecular weight is 264 g/mol. The van der Waals surface area contributed by atoms with Gasteiger partial charge in [0.05, 0.1) is 6.67 Å². The van der Waals surface area contributed by atoms with Gasteiger partial charge < -0.3 is 4.74 Å². The first kappa shape index (κ1) is 16.8. The van der Waals surface area contributed by atoms with Crippen LogP contribution in [0.2, 0.25) is 0 Å². The Labute approximate surface area is 109 Å². The van der Waals surface area contributed by atoms with Crippen LogP contribution in [0.3, 0.4) is 0 Å². The van der Waals surface area contributed by atoms with Crippen LogP contribution >= 0.6 is 11.8 Å². The van der Waals surface area contributed by atoms with Crippen LogP contribution in [0.15, 0.2) is 0 Å². The van der Waals surface area contributed by atoms with Crippen molar-refractivity contribution in [1.29, 1.82) is 0 Å². The summed E-state index contributed by atoms with van der Waals surface area (Å²) >= 11 is 1.58. The molecule has 0 aromatic rings. The number of thioether (sulfide) groups is 1. The van der Waals surface area contributed by atoms with Crippen molar-refractivity contribution in [2.24, 2.45) is 5.92 Å². The summed E-state index contributed by atoms with van der Waals surface area (Å²) in [6.45, 7) is 9.36. The predicted octanol–water partition coefficient (Wildman–Crippen LogP) is 3.84. The second-order valence-corrected chi connectivity index (χ2v) is 6.71. The van der Waals surface area contributed by atoms with E-state index in [0.717, 1.165) is 12.2 Å². The van der Waals surface area contributed by atoms with Gasteiger partial charge in [-0.25, -0.2) is 0 Å². The zero-order valence-corrected chi connectivity index (χ0v) is 12.4. The number of carbonyl (C=O) groups is 1. The summed E-state index contributed by atoms with van der Waals surface area (Å²) in [5.41, 5.74) is -0.441. The van der Waals surface area contributed by atoms with Crippen molar-refractivity contribution in [2.45, 2.75) is 58.3 Å². The molecule has 0 aromatic carbocycles. The molecule has 0 saturated heterocycles. The molecular formula is C13H25FO2S. The lowest BCUT2D eigenvalue weighted by Crippen LogP contribution is -2.33. The molecule has 0 rings (SSSR count).